The van der Waals surface area contributed by atoms with Gasteiger partial charge in [-0.05, 0) is 12.8 Å². The van der Waals surface area contributed by atoms with Crippen molar-refractivity contribution in [2.45, 2.75) is 36.0 Å². The van der Waals surface area contributed by atoms with Gasteiger partial charge in [-0.1, -0.05) is 15.9 Å². The van der Waals surface area contributed by atoms with Crippen molar-refractivity contribution < 1.29 is 14.2 Å². The van der Waals surface area contributed by atoms with E-state index in [-0.39, 0.29) is 12.2 Å². The first kappa shape index (κ1) is 9.90. The molecule has 1 heterocycles. The van der Waals surface area contributed by atoms with Crippen molar-refractivity contribution in [1.29, 1.82) is 0 Å². The fraction of sp³-hybridized carbons (Fsp3) is 1.00. The first-order valence-electron chi connectivity index (χ1n) is 4.71. The zero-order chi connectivity index (χ0) is 9.26. The molecule has 1 saturated heterocycles. The van der Waals surface area contributed by atoms with Crippen molar-refractivity contribution in [3.63, 3.8) is 0 Å². The molecule has 1 aliphatic carbocycles. The smallest absolute Gasteiger partial charge is 0.0959 e. The minimum atomic E-state index is 0.223. The highest BCUT2D eigenvalue weighted by Crippen LogP contribution is 2.34. The number of ether oxygens (including phenoxy) is 3. The molecule has 2 rings (SSSR count). The molecule has 13 heavy (non-hydrogen) atoms. The standard InChI is InChI=1S/C9H15BrO3/c1-11-9-7(10)4-8(9)13-6-2-3-12-5-6/h6-9H,2-5H2,1H3. The molecular weight excluding hydrogens is 236 g/mol. The van der Waals surface area contributed by atoms with Crippen molar-refractivity contribution in [2.75, 3.05) is 20.3 Å². The van der Waals surface area contributed by atoms with Crippen molar-refractivity contribution >= 4 is 15.9 Å². The van der Waals surface area contributed by atoms with E-state index in [4.69, 9.17) is 14.2 Å². The molecule has 0 aromatic rings. The van der Waals surface area contributed by atoms with Gasteiger partial charge in [0.15, 0.2) is 0 Å². The Labute approximate surface area is 86.9 Å². The molecule has 4 atom stereocenters. The van der Waals surface area contributed by atoms with Gasteiger partial charge in [0.05, 0.1) is 24.9 Å². The molecule has 1 saturated carbocycles. The molecule has 0 aromatic heterocycles. The Morgan fingerprint density at radius 3 is 2.85 bits per heavy atom. The molecule has 1 aliphatic heterocycles. The van der Waals surface area contributed by atoms with Crippen LogP contribution in [0.4, 0.5) is 0 Å². The molecule has 0 radical (unpaired) electrons. The quantitative estimate of drug-likeness (QED) is 0.708. The molecule has 4 heteroatoms. The second-order valence-electron chi connectivity index (χ2n) is 3.61. The Morgan fingerprint density at radius 2 is 2.31 bits per heavy atom. The largest absolute Gasteiger partial charge is 0.379 e. The summed E-state index contributed by atoms with van der Waals surface area (Å²) in [5, 5.41) is 0. The second-order valence-corrected chi connectivity index (χ2v) is 4.79. The monoisotopic (exact) mass is 250 g/mol. The molecule has 0 bridgehead atoms. The summed E-state index contributed by atoms with van der Waals surface area (Å²) in [5.74, 6) is 0. The summed E-state index contributed by atoms with van der Waals surface area (Å²) in [6.45, 7) is 1.59. The first-order chi connectivity index (χ1) is 6.31. The van der Waals surface area contributed by atoms with Gasteiger partial charge in [-0.3, -0.25) is 0 Å². The Morgan fingerprint density at radius 1 is 1.46 bits per heavy atom. The number of hydrogen-bond acceptors (Lipinski definition) is 3. The maximum atomic E-state index is 5.84. The summed E-state index contributed by atoms with van der Waals surface area (Å²) >= 11 is 3.54. The molecular formula is C9H15BrO3. The fourth-order valence-electron chi connectivity index (χ4n) is 1.83. The lowest BCUT2D eigenvalue weighted by atomic mass is 9.91. The molecule has 2 fully saturated rings. The second kappa shape index (κ2) is 4.26. The molecule has 2 aliphatic rings. The summed E-state index contributed by atoms with van der Waals surface area (Å²) in [7, 11) is 1.74. The van der Waals surface area contributed by atoms with Gasteiger partial charge < -0.3 is 14.2 Å². The lowest BCUT2D eigenvalue weighted by Crippen LogP contribution is -2.51. The van der Waals surface area contributed by atoms with Crippen LogP contribution in [0.25, 0.3) is 0 Å². The average Bonchev–Trinajstić information content (AvgIpc) is 2.56. The summed E-state index contributed by atoms with van der Waals surface area (Å²) in [6.07, 6.45) is 2.86. The molecule has 0 amide bonds. The van der Waals surface area contributed by atoms with E-state index in [1.165, 1.54) is 0 Å². The van der Waals surface area contributed by atoms with Gasteiger partial charge >= 0.3 is 0 Å². The van der Waals surface area contributed by atoms with Crippen molar-refractivity contribution in [3.8, 4) is 0 Å². The van der Waals surface area contributed by atoms with Gasteiger partial charge in [0.2, 0.25) is 0 Å². The highest BCUT2D eigenvalue weighted by molar-refractivity contribution is 9.09. The van der Waals surface area contributed by atoms with Crippen LogP contribution in [0.15, 0.2) is 0 Å². The molecule has 0 spiro atoms. The normalized spacial score (nSPS) is 44.8. The zero-order valence-electron chi connectivity index (χ0n) is 7.74. The third-order valence-corrected chi connectivity index (χ3v) is 3.60. The van der Waals surface area contributed by atoms with E-state index in [2.05, 4.69) is 15.9 Å². The van der Waals surface area contributed by atoms with Gasteiger partial charge in [0, 0.05) is 18.5 Å². The van der Waals surface area contributed by atoms with Gasteiger partial charge in [0.1, 0.15) is 0 Å². The van der Waals surface area contributed by atoms with E-state index < -0.39 is 0 Å². The summed E-state index contributed by atoms with van der Waals surface area (Å²) in [6, 6.07) is 0. The SMILES string of the molecule is COC1C(Br)CC1OC1CCOC1. The van der Waals surface area contributed by atoms with Crippen molar-refractivity contribution in [2.24, 2.45) is 0 Å². The lowest BCUT2D eigenvalue weighted by Gasteiger charge is -2.41. The summed E-state index contributed by atoms with van der Waals surface area (Å²) < 4.78 is 16.4. The van der Waals surface area contributed by atoms with Gasteiger partial charge in [-0.2, -0.15) is 0 Å². The van der Waals surface area contributed by atoms with Crippen LogP contribution in [-0.2, 0) is 14.2 Å². The predicted octanol–water partition coefficient (Wildman–Crippen LogP) is 1.34. The first-order valence-corrected chi connectivity index (χ1v) is 5.63. The predicted molar refractivity (Wildman–Crippen MR) is 52.2 cm³/mol. The van der Waals surface area contributed by atoms with Crippen molar-refractivity contribution in [3.05, 3.63) is 0 Å². The van der Waals surface area contributed by atoms with Gasteiger partial charge in [-0.25, -0.2) is 0 Å². The number of alkyl halides is 1. The van der Waals surface area contributed by atoms with Crippen LogP contribution in [0.5, 0.6) is 0 Å². The number of rotatable bonds is 3. The maximum Gasteiger partial charge on any atom is 0.0959 e. The third kappa shape index (κ3) is 2.06. The highest BCUT2D eigenvalue weighted by Gasteiger charge is 2.42. The molecule has 0 N–H and O–H groups in total. The molecule has 4 unspecified atom stereocenters. The number of hydrogen-bond donors (Lipinski definition) is 0. The van der Waals surface area contributed by atoms with Crippen molar-refractivity contribution in [1.82, 2.24) is 0 Å². The maximum absolute atomic E-state index is 5.84. The van der Waals surface area contributed by atoms with Crippen LogP contribution in [0, 0.1) is 0 Å². The molecule has 0 aromatic carbocycles. The minimum Gasteiger partial charge on any atom is -0.379 e. The minimum absolute atomic E-state index is 0.223. The third-order valence-electron chi connectivity index (χ3n) is 2.71. The van der Waals surface area contributed by atoms with Gasteiger partial charge in [0.25, 0.3) is 0 Å². The summed E-state index contributed by atoms with van der Waals surface area (Å²) in [4.78, 5) is 0.463. The van der Waals surface area contributed by atoms with Crippen LogP contribution < -0.4 is 0 Å². The molecule has 76 valence electrons. The van der Waals surface area contributed by atoms with Gasteiger partial charge in [-0.15, -0.1) is 0 Å². The van der Waals surface area contributed by atoms with Crippen LogP contribution in [0.2, 0.25) is 0 Å². The van der Waals surface area contributed by atoms with Crippen LogP contribution in [-0.4, -0.2) is 43.5 Å². The van der Waals surface area contributed by atoms with Crippen LogP contribution in [0.3, 0.4) is 0 Å². The van der Waals surface area contributed by atoms with E-state index in [0.717, 1.165) is 26.1 Å². The zero-order valence-corrected chi connectivity index (χ0v) is 9.33. The number of methoxy groups -OCH3 is 1. The van der Waals surface area contributed by atoms with E-state index in [1.807, 2.05) is 0 Å². The highest BCUT2D eigenvalue weighted by atomic mass is 79.9. The van der Waals surface area contributed by atoms with Crippen LogP contribution >= 0.6 is 15.9 Å². The Bertz CT molecular complexity index is 170. The van der Waals surface area contributed by atoms with Crippen LogP contribution in [0.1, 0.15) is 12.8 Å². The Hall–Kier alpha value is 0.360. The van der Waals surface area contributed by atoms with E-state index in [0.29, 0.717) is 10.9 Å². The summed E-state index contributed by atoms with van der Waals surface area (Å²) in [5.41, 5.74) is 0. The lowest BCUT2D eigenvalue weighted by molar-refractivity contribution is -0.133. The van der Waals surface area contributed by atoms with E-state index >= 15 is 0 Å². The number of halogens is 1. The van der Waals surface area contributed by atoms with E-state index in [1.54, 1.807) is 7.11 Å². The fourth-order valence-corrected chi connectivity index (χ4v) is 2.75. The Balaban J connectivity index is 1.75. The van der Waals surface area contributed by atoms with E-state index in [9.17, 15) is 0 Å². The Kier molecular flexibility index (Phi) is 3.24. The topological polar surface area (TPSA) is 27.7 Å². The average molecular weight is 251 g/mol. The molecule has 3 nitrogen and oxygen atoms in total.